The van der Waals surface area contributed by atoms with E-state index in [1.807, 2.05) is 42.2 Å². The van der Waals surface area contributed by atoms with Gasteiger partial charge < -0.3 is 24.8 Å². The number of ether oxygens (including phenoxy) is 3. The van der Waals surface area contributed by atoms with Gasteiger partial charge in [0.05, 0.1) is 43.8 Å². The van der Waals surface area contributed by atoms with Crippen LogP contribution in [0.1, 0.15) is 25.3 Å². The van der Waals surface area contributed by atoms with E-state index in [1.165, 1.54) is 0 Å². The van der Waals surface area contributed by atoms with E-state index in [1.54, 1.807) is 6.07 Å². The highest BCUT2D eigenvalue weighted by Gasteiger charge is 2.27. The van der Waals surface area contributed by atoms with Crippen molar-refractivity contribution in [2.24, 2.45) is 16.0 Å². The second-order valence-corrected chi connectivity index (χ2v) is 9.13. The number of nitrogens with two attached hydrogens (primary N) is 1. The van der Waals surface area contributed by atoms with E-state index in [9.17, 15) is 9.00 Å². The smallest absolute Gasteiger partial charge is 0.253 e. The molecule has 0 radical (unpaired) electrons. The molecule has 0 aromatic heterocycles. The Hall–Kier alpha value is -2.69. The molecule has 1 aromatic carbocycles. The molecule has 0 spiro atoms. The van der Waals surface area contributed by atoms with Crippen LogP contribution in [-0.4, -0.2) is 66.5 Å². The molecule has 3 aliphatic rings. The molecule has 4 rings (SSSR count). The van der Waals surface area contributed by atoms with Gasteiger partial charge >= 0.3 is 0 Å². The van der Waals surface area contributed by atoms with Gasteiger partial charge in [-0.1, -0.05) is 18.2 Å². The summed E-state index contributed by atoms with van der Waals surface area (Å²) in [4.78, 5) is 15.1. The number of amides is 1. The van der Waals surface area contributed by atoms with Crippen LogP contribution in [0.2, 0.25) is 0 Å². The van der Waals surface area contributed by atoms with Gasteiger partial charge in [0.25, 0.3) is 5.91 Å². The van der Waals surface area contributed by atoms with Crippen molar-refractivity contribution in [3.63, 3.8) is 0 Å². The van der Waals surface area contributed by atoms with E-state index in [2.05, 4.69) is 9.12 Å². The fourth-order valence-electron chi connectivity index (χ4n) is 4.07. The van der Waals surface area contributed by atoms with Gasteiger partial charge in [-0.05, 0) is 38.0 Å². The Morgan fingerprint density at radius 1 is 1.39 bits per heavy atom. The Bertz CT molecular complexity index is 993. The third-order valence-corrected chi connectivity index (χ3v) is 6.52. The number of carbonyl (C=O) groups is 1. The van der Waals surface area contributed by atoms with E-state index in [-0.39, 0.29) is 23.8 Å². The summed E-state index contributed by atoms with van der Waals surface area (Å²) in [5.41, 5.74) is 7.87. The summed E-state index contributed by atoms with van der Waals surface area (Å²) in [5.74, 6) is 0.955. The number of benzene rings is 1. The Labute approximate surface area is 196 Å². The van der Waals surface area contributed by atoms with Gasteiger partial charge in [0.15, 0.2) is 0 Å². The Morgan fingerprint density at radius 2 is 2.27 bits per heavy atom. The van der Waals surface area contributed by atoms with Gasteiger partial charge in [0.1, 0.15) is 11.6 Å². The minimum Gasteiger partial charge on any atom is -0.492 e. The van der Waals surface area contributed by atoms with Crippen LogP contribution < -0.4 is 15.2 Å². The third kappa shape index (κ3) is 6.01. The van der Waals surface area contributed by atoms with Gasteiger partial charge in [0.2, 0.25) is 11.2 Å². The fraction of sp³-hybridized carbons (Fsp3) is 0.478. The normalized spacial score (nSPS) is 28.4. The zero-order valence-corrected chi connectivity index (χ0v) is 19.5. The van der Waals surface area contributed by atoms with Crippen molar-refractivity contribution in [3.8, 4) is 5.75 Å². The first-order chi connectivity index (χ1) is 16.0. The van der Waals surface area contributed by atoms with Crippen molar-refractivity contribution in [2.75, 3.05) is 44.2 Å². The number of piperidine rings is 1. The first-order valence-electron chi connectivity index (χ1n) is 11.2. The van der Waals surface area contributed by atoms with Gasteiger partial charge in [-0.25, -0.2) is 4.21 Å². The molecule has 0 bridgehead atoms. The number of hydrogen-bond acceptors (Lipinski definition) is 6. The highest BCUT2D eigenvalue weighted by molar-refractivity contribution is 7.85. The van der Waals surface area contributed by atoms with Crippen LogP contribution in [0.15, 0.2) is 46.4 Å². The molecule has 178 valence electrons. The minimum absolute atomic E-state index is 0.00697. The molecule has 10 heteroatoms. The number of rotatable bonds is 4. The molecule has 3 heterocycles. The SMILES string of the molecule is CC1/C=C\C(C(=O)N2CCCC(COc3cccc4c3C(N)=NS(=O)N4)C2)=C/COCCO1. The number of nitrogens with zero attached hydrogens (tertiary/aromatic N) is 2. The van der Waals surface area contributed by atoms with Crippen molar-refractivity contribution in [1.29, 1.82) is 0 Å². The van der Waals surface area contributed by atoms with E-state index in [4.69, 9.17) is 19.9 Å². The summed E-state index contributed by atoms with van der Waals surface area (Å²) in [6.45, 7) is 5.13. The maximum atomic E-state index is 13.2. The van der Waals surface area contributed by atoms with E-state index < -0.39 is 11.2 Å². The minimum atomic E-state index is -1.58. The molecule has 9 nitrogen and oxygen atoms in total. The highest BCUT2D eigenvalue weighted by Crippen LogP contribution is 2.30. The zero-order valence-electron chi connectivity index (χ0n) is 18.7. The number of carbonyl (C=O) groups excluding carboxylic acids is 1. The van der Waals surface area contributed by atoms with Crippen LogP contribution in [0, 0.1) is 5.92 Å². The van der Waals surface area contributed by atoms with E-state index in [0.29, 0.717) is 62.1 Å². The molecular weight excluding hydrogens is 444 g/mol. The number of anilines is 1. The maximum Gasteiger partial charge on any atom is 0.253 e. The molecule has 0 saturated carbocycles. The van der Waals surface area contributed by atoms with Crippen LogP contribution >= 0.6 is 0 Å². The van der Waals surface area contributed by atoms with Crippen molar-refractivity contribution in [2.45, 2.75) is 25.9 Å². The lowest BCUT2D eigenvalue weighted by atomic mass is 9.98. The van der Waals surface area contributed by atoms with Crippen molar-refractivity contribution in [3.05, 3.63) is 47.6 Å². The van der Waals surface area contributed by atoms with Crippen molar-refractivity contribution >= 4 is 28.6 Å². The van der Waals surface area contributed by atoms with Crippen LogP contribution in [0.25, 0.3) is 0 Å². The summed E-state index contributed by atoms with van der Waals surface area (Å²) in [6.07, 6.45) is 7.37. The molecular formula is C23H30N4O5S. The quantitative estimate of drug-likeness (QED) is 0.689. The number of hydrogen-bond donors (Lipinski definition) is 2. The summed E-state index contributed by atoms with van der Waals surface area (Å²) < 4.78 is 35.6. The molecule has 1 amide bonds. The Morgan fingerprint density at radius 3 is 3.15 bits per heavy atom. The van der Waals surface area contributed by atoms with E-state index >= 15 is 0 Å². The van der Waals surface area contributed by atoms with Gasteiger partial charge in [-0.3, -0.25) is 9.52 Å². The molecule has 3 unspecified atom stereocenters. The van der Waals surface area contributed by atoms with Crippen LogP contribution in [0.5, 0.6) is 5.75 Å². The fourth-order valence-corrected chi connectivity index (χ4v) is 4.75. The van der Waals surface area contributed by atoms with Crippen LogP contribution in [0.4, 0.5) is 5.69 Å². The highest BCUT2D eigenvalue weighted by atomic mass is 32.2. The van der Waals surface area contributed by atoms with Gasteiger partial charge in [0, 0.05) is 24.6 Å². The predicted molar refractivity (Wildman–Crippen MR) is 127 cm³/mol. The molecule has 3 atom stereocenters. The van der Waals surface area contributed by atoms with Crippen LogP contribution in [-0.2, 0) is 25.4 Å². The molecule has 3 N–H and O–H groups in total. The van der Waals surface area contributed by atoms with Crippen LogP contribution in [0.3, 0.4) is 0 Å². The average Bonchev–Trinajstić information content (AvgIpc) is 2.81. The molecule has 3 aliphatic heterocycles. The molecule has 33 heavy (non-hydrogen) atoms. The zero-order chi connectivity index (χ0) is 23.2. The molecule has 1 fully saturated rings. The standard InChI is InChI=1S/C23H30N4O5S/c1-16-7-8-18(9-11-30-12-13-31-16)23(28)27-10-3-4-17(14-27)15-32-20-6-2-5-19-21(20)22(24)26-33(29)25-19/h2,5-9,16-17,25H,3-4,10-15H2,1H3,(H2,24,26)/b8-7-,18-9+. The number of likely N-dealkylation sites (tertiary alicyclic amines) is 1. The maximum absolute atomic E-state index is 13.2. The lowest BCUT2D eigenvalue weighted by Gasteiger charge is -2.33. The number of fused-ring (bicyclic) bond motifs is 1. The average molecular weight is 475 g/mol. The number of amidine groups is 1. The Kier molecular flexibility index (Phi) is 7.79. The molecule has 1 saturated heterocycles. The molecule has 0 aliphatic carbocycles. The first-order valence-corrected chi connectivity index (χ1v) is 12.3. The van der Waals surface area contributed by atoms with Gasteiger partial charge in [-0.15, -0.1) is 0 Å². The number of nitrogens with one attached hydrogen (secondary N) is 1. The first kappa shape index (κ1) is 23.5. The third-order valence-electron chi connectivity index (χ3n) is 5.76. The van der Waals surface area contributed by atoms with E-state index in [0.717, 1.165) is 12.8 Å². The summed E-state index contributed by atoms with van der Waals surface area (Å²) in [7, 11) is 0. The van der Waals surface area contributed by atoms with Crippen molar-refractivity contribution in [1.82, 2.24) is 4.90 Å². The van der Waals surface area contributed by atoms with Crippen molar-refractivity contribution < 1.29 is 23.2 Å². The van der Waals surface area contributed by atoms with Gasteiger partial charge in [-0.2, -0.15) is 4.40 Å². The summed E-state index contributed by atoms with van der Waals surface area (Å²) >= 11 is -1.58. The largest absolute Gasteiger partial charge is 0.492 e. The second kappa shape index (κ2) is 11.0. The second-order valence-electron chi connectivity index (χ2n) is 8.25. The lowest BCUT2D eigenvalue weighted by molar-refractivity contribution is -0.128. The Balaban J connectivity index is 1.40. The lowest BCUT2D eigenvalue weighted by Crippen LogP contribution is -2.42. The summed E-state index contributed by atoms with van der Waals surface area (Å²) in [5, 5.41) is 0. The topological polar surface area (TPSA) is 115 Å². The summed E-state index contributed by atoms with van der Waals surface area (Å²) in [6, 6.07) is 5.43. The predicted octanol–water partition coefficient (Wildman–Crippen LogP) is 1.93. The monoisotopic (exact) mass is 474 g/mol. The molecule has 1 aromatic rings.